The van der Waals surface area contributed by atoms with E-state index in [-0.39, 0.29) is 0 Å². The Morgan fingerprint density at radius 2 is 1.89 bits per heavy atom. The van der Waals surface area contributed by atoms with Gasteiger partial charge in [-0.05, 0) is 74.4 Å². The van der Waals surface area contributed by atoms with E-state index >= 15 is 0 Å². The molecule has 0 N–H and O–H groups in total. The molecule has 4 heteroatoms. The van der Waals surface area contributed by atoms with Crippen LogP contribution >= 0.6 is 38.5 Å². The number of hydrogen-bond acceptors (Lipinski definition) is 2. The van der Waals surface area contributed by atoms with Crippen molar-refractivity contribution in [3.8, 4) is 5.75 Å². The van der Waals surface area contributed by atoms with Crippen molar-refractivity contribution in [1.82, 2.24) is 0 Å². The first-order valence-electron chi connectivity index (χ1n) is 5.31. The molecule has 18 heavy (non-hydrogen) atoms. The first-order valence-corrected chi connectivity index (χ1v) is 7.18. The lowest BCUT2D eigenvalue weighted by Crippen LogP contribution is -1.96. The van der Waals surface area contributed by atoms with Crippen LogP contribution in [-0.4, -0.2) is 6.29 Å². The van der Waals surface area contributed by atoms with Crippen LogP contribution in [0.1, 0.15) is 15.9 Å². The Morgan fingerprint density at radius 3 is 2.50 bits per heavy atom. The molecule has 0 heterocycles. The molecule has 92 valence electrons. The first kappa shape index (κ1) is 13.5. The van der Waals surface area contributed by atoms with Crippen LogP contribution in [0.5, 0.6) is 5.75 Å². The number of hydrogen-bond donors (Lipinski definition) is 0. The summed E-state index contributed by atoms with van der Waals surface area (Å²) < 4.78 is 7.69. The van der Waals surface area contributed by atoms with Gasteiger partial charge < -0.3 is 4.74 Å². The summed E-state index contributed by atoms with van der Waals surface area (Å²) in [6, 6.07) is 13.4. The second-order valence-electron chi connectivity index (χ2n) is 3.72. The molecule has 0 aromatic heterocycles. The number of carbonyl (C=O) groups excluding carboxylic acids is 1. The highest BCUT2D eigenvalue weighted by atomic mass is 127. The normalized spacial score (nSPS) is 10.1. The van der Waals surface area contributed by atoms with E-state index in [1.165, 1.54) is 3.57 Å². The Hall–Kier alpha value is -0.880. The van der Waals surface area contributed by atoms with Gasteiger partial charge in [-0.2, -0.15) is 0 Å². The second-order valence-corrected chi connectivity index (χ2v) is 5.82. The summed E-state index contributed by atoms with van der Waals surface area (Å²) in [7, 11) is 0. The molecule has 2 aromatic rings. The van der Waals surface area contributed by atoms with Gasteiger partial charge in [0.15, 0.2) is 0 Å². The Kier molecular flexibility index (Phi) is 4.77. The van der Waals surface area contributed by atoms with Crippen LogP contribution in [0.2, 0.25) is 0 Å². The third kappa shape index (κ3) is 3.55. The van der Waals surface area contributed by atoms with Gasteiger partial charge in [0.25, 0.3) is 0 Å². The van der Waals surface area contributed by atoms with E-state index in [4.69, 9.17) is 4.74 Å². The summed E-state index contributed by atoms with van der Waals surface area (Å²) in [5.74, 6) is 0.735. The Bertz CT molecular complexity index is 552. The highest BCUT2D eigenvalue weighted by molar-refractivity contribution is 14.1. The average molecular weight is 417 g/mol. The van der Waals surface area contributed by atoms with Crippen molar-refractivity contribution in [3.63, 3.8) is 0 Å². The van der Waals surface area contributed by atoms with Crippen LogP contribution in [0.4, 0.5) is 0 Å². The van der Waals surface area contributed by atoms with Crippen molar-refractivity contribution in [1.29, 1.82) is 0 Å². The molecule has 0 saturated heterocycles. The molecule has 0 radical (unpaired) electrons. The summed E-state index contributed by atoms with van der Waals surface area (Å²) in [5.41, 5.74) is 1.74. The number of benzene rings is 2. The van der Waals surface area contributed by atoms with E-state index in [9.17, 15) is 4.79 Å². The minimum absolute atomic E-state index is 0.510. The van der Waals surface area contributed by atoms with Gasteiger partial charge >= 0.3 is 0 Å². The average Bonchev–Trinajstić information content (AvgIpc) is 2.39. The zero-order valence-electron chi connectivity index (χ0n) is 9.40. The number of halogens is 2. The van der Waals surface area contributed by atoms with Gasteiger partial charge in [0.2, 0.25) is 0 Å². The molecule has 0 aliphatic carbocycles. The third-order valence-electron chi connectivity index (χ3n) is 2.40. The third-order valence-corrected chi connectivity index (χ3v) is 3.74. The van der Waals surface area contributed by atoms with Crippen molar-refractivity contribution in [3.05, 3.63) is 61.6 Å². The van der Waals surface area contributed by atoms with Gasteiger partial charge in [0, 0.05) is 9.13 Å². The van der Waals surface area contributed by atoms with Crippen LogP contribution in [-0.2, 0) is 6.61 Å². The molecular formula is C14H10BrIO2. The van der Waals surface area contributed by atoms with E-state index in [1.54, 1.807) is 18.2 Å². The molecule has 0 bridgehead atoms. The summed E-state index contributed by atoms with van der Waals surface area (Å²) in [6.07, 6.45) is 0.813. The minimum atomic E-state index is 0.510. The standard InChI is InChI=1S/C14H10BrIO2/c15-13-7-11(8-17)3-6-14(13)18-9-10-1-4-12(16)5-2-10/h1-8H,9H2. The van der Waals surface area contributed by atoms with Crippen LogP contribution < -0.4 is 4.74 Å². The zero-order chi connectivity index (χ0) is 13.0. The largest absolute Gasteiger partial charge is 0.488 e. The van der Waals surface area contributed by atoms with E-state index in [2.05, 4.69) is 38.5 Å². The molecule has 0 unspecified atom stereocenters. The topological polar surface area (TPSA) is 26.3 Å². The molecule has 2 nitrogen and oxygen atoms in total. The Balaban J connectivity index is 2.06. The molecular weight excluding hydrogens is 407 g/mol. The van der Waals surface area contributed by atoms with Crippen molar-refractivity contribution >= 4 is 44.8 Å². The van der Waals surface area contributed by atoms with E-state index in [1.807, 2.05) is 24.3 Å². The summed E-state index contributed by atoms with van der Waals surface area (Å²) in [6.45, 7) is 0.510. The van der Waals surface area contributed by atoms with E-state index < -0.39 is 0 Å². The molecule has 2 aromatic carbocycles. The van der Waals surface area contributed by atoms with Crippen molar-refractivity contribution < 1.29 is 9.53 Å². The predicted molar refractivity (Wildman–Crippen MR) is 83.0 cm³/mol. The fraction of sp³-hybridized carbons (Fsp3) is 0.0714. The lowest BCUT2D eigenvalue weighted by molar-refractivity contribution is 0.112. The number of ether oxygens (including phenoxy) is 1. The number of rotatable bonds is 4. The second kappa shape index (κ2) is 6.33. The molecule has 0 amide bonds. The molecule has 2 rings (SSSR count). The Labute approximate surface area is 128 Å². The van der Waals surface area contributed by atoms with E-state index in [0.717, 1.165) is 22.1 Å². The van der Waals surface area contributed by atoms with Gasteiger partial charge in [-0.15, -0.1) is 0 Å². The fourth-order valence-corrected chi connectivity index (χ4v) is 2.32. The van der Waals surface area contributed by atoms with Crippen LogP contribution in [0.15, 0.2) is 46.9 Å². The molecule has 0 fully saturated rings. The maximum absolute atomic E-state index is 10.6. The van der Waals surface area contributed by atoms with Crippen molar-refractivity contribution in [2.75, 3.05) is 0 Å². The van der Waals surface area contributed by atoms with Crippen LogP contribution in [0.3, 0.4) is 0 Å². The van der Waals surface area contributed by atoms with Gasteiger partial charge in [-0.3, -0.25) is 4.79 Å². The number of carbonyl (C=O) groups is 1. The van der Waals surface area contributed by atoms with E-state index in [0.29, 0.717) is 12.2 Å². The molecule has 0 spiro atoms. The predicted octanol–water partition coefficient (Wildman–Crippen LogP) is 4.45. The summed E-state index contributed by atoms with van der Waals surface area (Å²) in [5, 5.41) is 0. The summed E-state index contributed by atoms with van der Waals surface area (Å²) in [4.78, 5) is 10.6. The molecule has 0 atom stereocenters. The summed E-state index contributed by atoms with van der Waals surface area (Å²) >= 11 is 5.66. The van der Waals surface area contributed by atoms with Gasteiger partial charge in [-0.1, -0.05) is 12.1 Å². The molecule has 0 aliphatic rings. The maximum atomic E-state index is 10.6. The minimum Gasteiger partial charge on any atom is -0.488 e. The smallest absolute Gasteiger partial charge is 0.150 e. The lowest BCUT2D eigenvalue weighted by Gasteiger charge is -2.08. The van der Waals surface area contributed by atoms with Crippen molar-refractivity contribution in [2.45, 2.75) is 6.61 Å². The lowest BCUT2D eigenvalue weighted by atomic mass is 10.2. The Morgan fingerprint density at radius 1 is 1.17 bits per heavy atom. The van der Waals surface area contributed by atoms with Gasteiger partial charge in [0.05, 0.1) is 4.47 Å². The van der Waals surface area contributed by atoms with Crippen LogP contribution in [0, 0.1) is 3.57 Å². The monoisotopic (exact) mass is 416 g/mol. The van der Waals surface area contributed by atoms with Gasteiger partial charge in [0.1, 0.15) is 18.6 Å². The fourth-order valence-electron chi connectivity index (χ4n) is 1.45. The zero-order valence-corrected chi connectivity index (χ0v) is 13.1. The first-order chi connectivity index (χ1) is 8.69. The van der Waals surface area contributed by atoms with Gasteiger partial charge in [-0.25, -0.2) is 0 Å². The highest BCUT2D eigenvalue weighted by Crippen LogP contribution is 2.26. The van der Waals surface area contributed by atoms with Crippen LogP contribution in [0.25, 0.3) is 0 Å². The number of aldehydes is 1. The van der Waals surface area contributed by atoms with Crippen molar-refractivity contribution in [2.24, 2.45) is 0 Å². The molecule has 0 aliphatic heterocycles. The molecule has 0 saturated carbocycles. The quantitative estimate of drug-likeness (QED) is 0.543. The maximum Gasteiger partial charge on any atom is 0.150 e. The SMILES string of the molecule is O=Cc1ccc(OCc2ccc(I)cc2)c(Br)c1. The highest BCUT2D eigenvalue weighted by Gasteiger charge is 2.03.